The van der Waals surface area contributed by atoms with Crippen molar-refractivity contribution in [3.05, 3.63) is 51.1 Å². The second-order valence-corrected chi connectivity index (χ2v) is 7.49. The maximum absolute atomic E-state index is 13.1. The number of methoxy groups -OCH3 is 1. The molecule has 2 aromatic carbocycles. The summed E-state index contributed by atoms with van der Waals surface area (Å²) in [6.45, 7) is 2.16. The van der Waals surface area contributed by atoms with E-state index in [0.717, 1.165) is 0 Å². The smallest absolute Gasteiger partial charge is 0.270 e. The molecule has 0 atom stereocenters. The summed E-state index contributed by atoms with van der Waals surface area (Å²) >= 11 is 7.15. The van der Waals surface area contributed by atoms with E-state index in [0.29, 0.717) is 27.2 Å². The lowest BCUT2D eigenvalue weighted by Gasteiger charge is -2.29. The van der Waals surface area contributed by atoms with Gasteiger partial charge in [0, 0.05) is 0 Å². The number of nitrogens with zero attached hydrogens (tertiary/aromatic N) is 1. The third-order valence-electron chi connectivity index (χ3n) is 4.09. The highest BCUT2D eigenvalue weighted by atomic mass is 127. The second kappa shape index (κ2) is 8.78. The van der Waals surface area contributed by atoms with Crippen LogP contribution in [0.5, 0.6) is 17.2 Å². The van der Waals surface area contributed by atoms with Crippen molar-refractivity contribution in [3.8, 4) is 17.2 Å². The number of benzene rings is 2. The molecule has 0 unspecified atom stereocenters. The van der Waals surface area contributed by atoms with Crippen LogP contribution in [0.4, 0.5) is 5.69 Å². The van der Waals surface area contributed by atoms with Gasteiger partial charge in [-0.3, -0.25) is 19.8 Å². The zero-order valence-electron chi connectivity index (χ0n) is 15.6. The van der Waals surface area contributed by atoms with Crippen LogP contribution in [-0.4, -0.2) is 35.8 Å². The number of aromatic hydroxyl groups is 1. The average Bonchev–Trinajstić information content (AvgIpc) is 2.69. The fourth-order valence-corrected chi connectivity index (χ4v) is 3.64. The van der Waals surface area contributed by atoms with Crippen LogP contribution in [0, 0.1) is 3.57 Å². The Morgan fingerprint density at radius 3 is 2.55 bits per heavy atom. The summed E-state index contributed by atoms with van der Waals surface area (Å²) in [5, 5.41) is 12.6. The van der Waals surface area contributed by atoms with Crippen molar-refractivity contribution in [1.29, 1.82) is 0 Å². The van der Waals surface area contributed by atoms with Gasteiger partial charge in [-0.05, 0) is 89.8 Å². The fraction of sp³-hybridized carbons (Fsp3) is 0.150. The van der Waals surface area contributed by atoms with Gasteiger partial charge in [-0.2, -0.15) is 0 Å². The van der Waals surface area contributed by atoms with Gasteiger partial charge in [0.1, 0.15) is 11.3 Å². The minimum atomic E-state index is -0.592. The number of phenolic OH excluding ortho intramolecular Hbond substituents is 1. The highest BCUT2D eigenvalue weighted by Crippen LogP contribution is 2.34. The number of carbonyl (C=O) groups excluding carboxylic acids is 2. The number of hydrogen-bond donors (Lipinski definition) is 2. The van der Waals surface area contributed by atoms with Gasteiger partial charge in [0.05, 0.1) is 23.0 Å². The van der Waals surface area contributed by atoms with Gasteiger partial charge < -0.3 is 14.6 Å². The zero-order valence-corrected chi connectivity index (χ0v) is 18.5. The summed E-state index contributed by atoms with van der Waals surface area (Å²) in [5.74, 6) is -0.227. The number of rotatable bonds is 5. The number of hydrogen-bond acceptors (Lipinski definition) is 6. The molecule has 9 heteroatoms. The molecule has 29 heavy (non-hydrogen) atoms. The third kappa shape index (κ3) is 4.35. The van der Waals surface area contributed by atoms with Gasteiger partial charge in [-0.15, -0.1) is 0 Å². The van der Waals surface area contributed by atoms with Gasteiger partial charge in [0.25, 0.3) is 11.8 Å². The number of nitrogens with one attached hydrogen (secondary N) is 1. The van der Waals surface area contributed by atoms with Crippen LogP contribution in [0.3, 0.4) is 0 Å². The number of amides is 2. The molecule has 0 aromatic heterocycles. The highest BCUT2D eigenvalue weighted by Gasteiger charge is 2.34. The van der Waals surface area contributed by atoms with E-state index in [-0.39, 0.29) is 22.2 Å². The molecule has 0 spiro atoms. The molecule has 2 aromatic rings. The number of phenols is 1. The van der Waals surface area contributed by atoms with Crippen LogP contribution >= 0.6 is 34.8 Å². The number of ether oxygens (including phenoxy) is 2. The maximum atomic E-state index is 13.1. The summed E-state index contributed by atoms with van der Waals surface area (Å²) in [7, 11) is 1.54. The van der Waals surface area contributed by atoms with Gasteiger partial charge >= 0.3 is 0 Å². The Morgan fingerprint density at radius 2 is 1.93 bits per heavy atom. The molecule has 0 bridgehead atoms. The predicted molar refractivity (Wildman–Crippen MR) is 121 cm³/mol. The lowest BCUT2D eigenvalue weighted by atomic mass is 10.1. The summed E-state index contributed by atoms with van der Waals surface area (Å²) in [6, 6.07) is 9.96. The van der Waals surface area contributed by atoms with E-state index >= 15 is 0 Å². The molecule has 3 rings (SSSR count). The molecule has 7 nitrogen and oxygen atoms in total. The monoisotopic (exact) mass is 524 g/mol. The van der Waals surface area contributed by atoms with Crippen LogP contribution in [-0.2, 0) is 9.59 Å². The van der Waals surface area contributed by atoms with Crippen LogP contribution in [0.2, 0.25) is 0 Å². The summed E-state index contributed by atoms with van der Waals surface area (Å²) in [5.41, 5.74) is 0.956. The zero-order chi connectivity index (χ0) is 21.1. The predicted octanol–water partition coefficient (Wildman–Crippen LogP) is 3.24. The van der Waals surface area contributed by atoms with Crippen molar-refractivity contribution in [2.75, 3.05) is 18.6 Å². The van der Waals surface area contributed by atoms with Crippen LogP contribution in [0.15, 0.2) is 42.0 Å². The average molecular weight is 524 g/mol. The van der Waals surface area contributed by atoms with E-state index in [2.05, 4.69) is 5.32 Å². The standard InChI is InChI=1S/C20H17IN2O5S/c1-3-28-16-10-11(9-15(21)17(16)24)8-14-18(25)22-20(29)23(19(14)26)12-4-6-13(27-2)7-5-12/h4-10,24H,3H2,1-2H3,(H,22,25,29). The largest absolute Gasteiger partial charge is 0.504 e. The summed E-state index contributed by atoms with van der Waals surface area (Å²) in [6.07, 6.45) is 1.44. The van der Waals surface area contributed by atoms with Crippen LogP contribution < -0.4 is 19.7 Å². The van der Waals surface area contributed by atoms with E-state index in [1.54, 1.807) is 50.4 Å². The molecule has 150 valence electrons. The first-order chi connectivity index (χ1) is 13.8. The molecule has 1 saturated heterocycles. The van der Waals surface area contributed by atoms with Crippen molar-refractivity contribution in [1.82, 2.24) is 5.32 Å². The SMILES string of the molecule is CCOc1cc(C=C2C(=O)NC(=S)N(c3ccc(OC)cc3)C2=O)cc(I)c1O. The topological polar surface area (TPSA) is 88.1 Å². The van der Waals surface area contributed by atoms with Crippen LogP contribution in [0.25, 0.3) is 6.08 Å². The third-order valence-corrected chi connectivity index (χ3v) is 5.20. The van der Waals surface area contributed by atoms with E-state index in [1.165, 1.54) is 11.0 Å². The second-order valence-electron chi connectivity index (χ2n) is 5.94. The van der Waals surface area contributed by atoms with Crippen molar-refractivity contribution < 1.29 is 24.2 Å². The Bertz CT molecular complexity index is 1020. The highest BCUT2D eigenvalue weighted by molar-refractivity contribution is 14.1. The Labute approximate surface area is 186 Å². The molecule has 0 saturated carbocycles. The quantitative estimate of drug-likeness (QED) is 0.271. The summed E-state index contributed by atoms with van der Waals surface area (Å²) < 4.78 is 11.1. The van der Waals surface area contributed by atoms with E-state index in [1.807, 2.05) is 22.6 Å². The molecule has 2 amide bonds. The Hall–Kier alpha value is -2.66. The Balaban J connectivity index is 2.01. The first kappa shape index (κ1) is 21.1. The first-order valence-corrected chi connectivity index (χ1v) is 10.0. The van der Waals surface area contributed by atoms with Crippen molar-refractivity contribution >= 4 is 63.5 Å². The minimum absolute atomic E-state index is 0.00221. The number of halogens is 1. The molecule has 1 heterocycles. The molecule has 1 aliphatic rings. The van der Waals surface area contributed by atoms with Gasteiger partial charge in [-0.1, -0.05) is 0 Å². The molecule has 1 fully saturated rings. The molecule has 0 radical (unpaired) electrons. The molecule has 2 N–H and O–H groups in total. The molecule has 0 aliphatic carbocycles. The Morgan fingerprint density at radius 1 is 1.24 bits per heavy atom. The summed E-state index contributed by atoms with van der Waals surface area (Å²) in [4.78, 5) is 26.8. The Kier molecular flexibility index (Phi) is 6.38. The normalized spacial score (nSPS) is 15.5. The first-order valence-electron chi connectivity index (χ1n) is 8.56. The van der Waals surface area contributed by atoms with E-state index in [4.69, 9.17) is 21.7 Å². The van der Waals surface area contributed by atoms with Crippen molar-refractivity contribution in [2.45, 2.75) is 6.92 Å². The van der Waals surface area contributed by atoms with E-state index in [9.17, 15) is 14.7 Å². The van der Waals surface area contributed by atoms with Gasteiger partial charge in [-0.25, -0.2) is 0 Å². The van der Waals surface area contributed by atoms with E-state index < -0.39 is 11.8 Å². The minimum Gasteiger partial charge on any atom is -0.504 e. The van der Waals surface area contributed by atoms with Gasteiger partial charge in [0.15, 0.2) is 16.6 Å². The molecular weight excluding hydrogens is 507 g/mol. The molecule has 1 aliphatic heterocycles. The molecular formula is C20H17IN2O5S. The lowest BCUT2D eigenvalue weighted by molar-refractivity contribution is -0.122. The number of anilines is 1. The van der Waals surface area contributed by atoms with Gasteiger partial charge in [0.2, 0.25) is 0 Å². The number of thiocarbonyl (C=S) groups is 1. The van der Waals surface area contributed by atoms with Crippen molar-refractivity contribution in [2.24, 2.45) is 0 Å². The van der Waals surface area contributed by atoms with Crippen molar-refractivity contribution in [3.63, 3.8) is 0 Å². The van der Waals surface area contributed by atoms with Crippen LogP contribution in [0.1, 0.15) is 12.5 Å². The lowest BCUT2D eigenvalue weighted by Crippen LogP contribution is -2.54. The number of carbonyl (C=O) groups is 2. The maximum Gasteiger partial charge on any atom is 0.270 e. The fourth-order valence-electron chi connectivity index (χ4n) is 2.73.